The first-order valence-electron chi connectivity index (χ1n) is 7.36. The summed E-state index contributed by atoms with van der Waals surface area (Å²) in [4.78, 5) is 2.11. The molecule has 1 aromatic carbocycles. The lowest BCUT2D eigenvalue weighted by Gasteiger charge is -2.30. The second-order valence-corrected chi connectivity index (χ2v) is 9.45. The molecule has 0 radical (unpaired) electrons. The van der Waals surface area contributed by atoms with Crippen molar-refractivity contribution in [2.24, 2.45) is 5.73 Å². The van der Waals surface area contributed by atoms with Crippen LogP contribution in [0, 0.1) is 0 Å². The summed E-state index contributed by atoms with van der Waals surface area (Å²) in [5, 5.41) is 0. The maximum Gasteiger partial charge on any atom is 0.156 e. The van der Waals surface area contributed by atoms with Gasteiger partial charge in [0.2, 0.25) is 0 Å². The molecule has 2 N–H and O–H groups in total. The number of hydrogen-bond donors (Lipinski definition) is 1. The first-order chi connectivity index (χ1) is 9.58. The summed E-state index contributed by atoms with van der Waals surface area (Å²) in [7, 11) is -3.11. The van der Waals surface area contributed by atoms with E-state index in [1.165, 1.54) is 0 Å². The van der Waals surface area contributed by atoms with E-state index >= 15 is 0 Å². The molecular weight excluding hydrogens is 284 g/mol. The van der Waals surface area contributed by atoms with E-state index in [4.69, 9.17) is 5.73 Å². The smallest absolute Gasteiger partial charge is 0.156 e. The predicted octanol–water partition coefficient (Wildman–Crippen LogP) is 2.57. The molecule has 0 saturated carbocycles. The molecule has 0 spiro atoms. The van der Waals surface area contributed by atoms with Gasteiger partial charge in [0.15, 0.2) is 9.84 Å². The van der Waals surface area contributed by atoms with Crippen LogP contribution in [0.2, 0.25) is 0 Å². The van der Waals surface area contributed by atoms with Crippen LogP contribution in [0.4, 0.5) is 5.69 Å². The van der Waals surface area contributed by atoms with Crippen molar-refractivity contribution < 1.29 is 8.42 Å². The minimum absolute atomic E-state index is 0.160. The van der Waals surface area contributed by atoms with E-state index in [2.05, 4.69) is 18.7 Å². The van der Waals surface area contributed by atoms with Gasteiger partial charge in [0, 0.05) is 24.8 Å². The lowest BCUT2D eigenvalue weighted by Crippen LogP contribution is -2.39. The molecule has 0 bridgehead atoms. The Balaban J connectivity index is 2.88. The Kier molecular flexibility index (Phi) is 5.82. The van der Waals surface area contributed by atoms with Gasteiger partial charge in [-0.2, -0.15) is 0 Å². The number of rotatable bonds is 6. The highest BCUT2D eigenvalue weighted by Crippen LogP contribution is 2.21. The maximum atomic E-state index is 12.3. The molecule has 0 aromatic heterocycles. The Morgan fingerprint density at radius 2 is 1.67 bits per heavy atom. The van der Waals surface area contributed by atoms with Crippen LogP contribution < -0.4 is 10.6 Å². The van der Waals surface area contributed by atoms with Gasteiger partial charge in [0.25, 0.3) is 0 Å². The normalized spacial score (nSPS) is 12.7. The van der Waals surface area contributed by atoms with Gasteiger partial charge in [-0.1, -0.05) is 12.1 Å². The molecular formula is C16H28N2O2S. The fourth-order valence-corrected chi connectivity index (χ4v) is 3.08. The van der Waals surface area contributed by atoms with E-state index in [1.807, 2.05) is 24.3 Å². The molecule has 1 rings (SSSR count). The number of nitrogens with two attached hydrogens (primary N) is 1. The summed E-state index contributed by atoms with van der Waals surface area (Å²) in [5.74, 6) is 0.160. The molecule has 0 heterocycles. The van der Waals surface area contributed by atoms with Crippen LogP contribution in [-0.4, -0.2) is 31.5 Å². The van der Waals surface area contributed by atoms with Crippen LogP contribution >= 0.6 is 0 Å². The predicted molar refractivity (Wildman–Crippen MR) is 90.4 cm³/mol. The van der Waals surface area contributed by atoms with Crippen molar-refractivity contribution in [1.29, 1.82) is 0 Å². The molecule has 4 nitrogen and oxygen atoms in total. The zero-order valence-corrected chi connectivity index (χ0v) is 14.6. The molecule has 1 aromatic rings. The van der Waals surface area contributed by atoms with Gasteiger partial charge >= 0.3 is 0 Å². The SMILES string of the molecule is CC(C)N(CCS(=O)(=O)C(C)(C)C)c1ccc(CN)cc1. The standard InChI is InChI=1S/C16H28N2O2S/c1-13(2)18(10-11-21(19,20)16(3,4)5)15-8-6-14(12-17)7-9-15/h6-9,13H,10-12,17H2,1-5H3. The number of benzene rings is 1. The largest absolute Gasteiger partial charge is 0.368 e. The monoisotopic (exact) mass is 312 g/mol. The zero-order chi connectivity index (χ0) is 16.3. The second kappa shape index (κ2) is 6.79. The molecule has 0 aliphatic carbocycles. The van der Waals surface area contributed by atoms with E-state index in [9.17, 15) is 8.42 Å². The van der Waals surface area contributed by atoms with Gasteiger partial charge in [-0.25, -0.2) is 8.42 Å². The Labute approximate surface area is 129 Å². The van der Waals surface area contributed by atoms with Gasteiger partial charge in [0.1, 0.15) is 0 Å². The third kappa shape index (κ3) is 4.71. The third-order valence-electron chi connectivity index (χ3n) is 3.66. The highest BCUT2D eigenvalue weighted by Gasteiger charge is 2.29. The average molecular weight is 312 g/mol. The van der Waals surface area contributed by atoms with Crippen LogP contribution in [0.3, 0.4) is 0 Å². The number of sulfone groups is 1. The van der Waals surface area contributed by atoms with Crippen LogP contribution in [0.15, 0.2) is 24.3 Å². The van der Waals surface area contributed by atoms with Crippen LogP contribution in [-0.2, 0) is 16.4 Å². The van der Waals surface area contributed by atoms with Crippen LogP contribution in [0.5, 0.6) is 0 Å². The summed E-state index contributed by atoms with van der Waals surface area (Å²) in [6.07, 6.45) is 0. The Bertz CT molecular complexity index is 543. The fourth-order valence-electron chi connectivity index (χ4n) is 2.03. The third-order valence-corrected chi connectivity index (χ3v) is 6.25. The summed E-state index contributed by atoms with van der Waals surface area (Å²) in [5.41, 5.74) is 7.71. The highest BCUT2D eigenvalue weighted by molar-refractivity contribution is 7.92. The maximum absolute atomic E-state index is 12.3. The Morgan fingerprint density at radius 1 is 1.14 bits per heavy atom. The average Bonchev–Trinajstić information content (AvgIpc) is 2.37. The fraction of sp³-hybridized carbons (Fsp3) is 0.625. The van der Waals surface area contributed by atoms with Crippen molar-refractivity contribution >= 4 is 15.5 Å². The van der Waals surface area contributed by atoms with Gasteiger partial charge in [-0.3, -0.25) is 0 Å². The first kappa shape index (κ1) is 18.0. The summed E-state index contributed by atoms with van der Waals surface area (Å²) in [6.45, 7) is 10.4. The molecule has 0 amide bonds. The van der Waals surface area contributed by atoms with Gasteiger partial charge < -0.3 is 10.6 Å². The molecule has 21 heavy (non-hydrogen) atoms. The second-order valence-electron chi connectivity index (χ2n) is 6.59. The van der Waals surface area contributed by atoms with Gasteiger partial charge in [-0.15, -0.1) is 0 Å². The topological polar surface area (TPSA) is 63.4 Å². The summed E-state index contributed by atoms with van der Waals surface area (Å²) in [6, 6.07) is 8.23. The van der Waals surface area contributed by atoms with Crippen molar-refractivity contribution in [1.82, 2.24) is 0 Å². The summed E-state index contributed by atoms with van der Waals surface area (Å²) >= 11 is 0. The lowest BCUT2D eigenvalue weighted by molar-refractivity contribution is 0.557. The van der Waals surface area contributed by atoms with Crippen molar-refractivity contribution in [3.05, 3.63) is 29.8 Å². The number of nitrogens with zero attached hydrogens (tertiary/aromatic N) is 1. The summed E-state index contributed by atoms with van der Waals surface area (Å²) < 4.78 is 23.8. The number of anilines is 1. The van der Waals surface area contributed by atoms with Crippen molar-refractivity contribution in [2.75, 3.05) is 17.2 Å². The molecule has 0 unspecified atom stereocenters. The van der Waals surface area contributed by atoms with E-state index in [1.54, 1.807) is 20.8 Å². The lowest BCUT2D eigenvalue weighted by atomic mass is 10.1. The van der Waals surface area contributed by atoms with Crippen molar-refractivity contribution in [3.63, 3.8) is 0 Å². The molecule has 5 heteroatoms. The zero-order valence-electron chi connectivity index (χ0n) is 13.8. The molecule has 0 aliphatic heterocycles. The van der Waals surface area contributed by atoms with Gasteiger partial charge in [0.05, 0.1) is 10.5 Å². The molecule has 0 fully saturated rings. The number of hydrogen-bond acceptors (Lipinski definition) is 4. The van der Waals surface area contributed by atoms with Gasteiger partial charge in [-0.05, 0) is 52.3 Å². The molecule has 0 aliphatic rings. The van der Waals surface area contributed by atoms with E-state index in [-0.39, 0.29) is 11.8 Å². The quantitative estimate of drug-likeness (QED) is 0.877. The van der Waals surface area contributed by atoms with Crippen LogP contribution in [0.1, 0.15) is 40.2 Å². The Morgan fingerprint density at radius 3 is 2.05 bits per heavy atom. The molecule has 0 atom stereocenters. The van der Waals surface area contributed by atoms with Crippen molar-refractivity contribution in [2.45, 2.75) is 52.0 Å². The minimum Gasteiger partial charge on any atom is -0.368 e. The molecule has 120 valence electrons. The Hall–Kier alpha value is -1.07. The first-order valence-corrected chi connectivity index (χ1v) is 9.01. The van der Waals surface area contributed by atoms with Crippen molar-refractivity contribution in [3.8, 4) is 0 Å². The van der Waals surface area contributed by atoms with E-state index < -0.39 is 14.6 Å². The van der Waals surface area contributed by atoms with Crippen LogP contribution in [0.25, 0.3) is 0 Å². The van der Waals surface area contributed by atoms with E-state index in [0.29, 0.717) is 13.1 Å². The van der Waals surface area contributed by atoms with E-state index in [0.717, 1.165) is 11.3 Å². The minimum atomic E-state index is -3.11. The highest BCUT2D eigenvalue weighted by atomic mass is 32.2. The molecule has 0 saturated heterocycles.